The highest BCUT2D eigenvalue weighted by atomic mass is 16.5. The Morgan fingerprint density at radius 2 is 2.53 bits per heavy atom. The predicted octanol–water partition coefficient (Wildman–Crippen LogP) is 0.332. The number of hydrogen-bond donors (Lipinski definition) is 3. The van der Waals surface area contributed by atoms with E-state index in [4.69, 9.17) is 4.74 Å². The van der Waals surface area contributed by atoms with Crippen molar-refractivity contribution in [2.24, 2.45) is 0 Å². The van der Waals surface area contributed by atoms with E-state index in [-0.39, 0.29) is 11.3 Å². The number of H-pyrrole nitrogens is 1. The first-order valence-corrected chi connectivity index (χ1v) is 5.90. The number of anilines is 1. The molecule has 0 radical (unpaired) electrons. The van der Waals surface area contributed by atoms with E-state index in [1.54, 1.807) is 0 Å². The van der Waals surface area contributed by atoms with E-state index in [0.29, 0.717) is 11.9 Å². The van der Waals surface area contributed by atoms with E-state index in [1.165, 1.54) is 26.3 Å². The maximum absolute atomic E-state index is 11.4. The molecule has 1 atom stereocenters. The van der Waals surface area contributed by atoms with Gasteiger partial charge in [-0.1, -0.05) is 0 Å². The Balaban J connectivity index is 1.89. The third-order valence-electron chi connectivity index (χ3n) is 2.96. The number of rotatable bonds is 5. The van der Waals surface area contributed by atoms with Crippen LogP contribution in [0, 0.1) is 0 Å². The molecule has 0 bridgehead atoms. The summed E-state index contributed by atoms with van der Waals surface area (Å²) in [6.45, 7) is 1.89. The molecule has 0 amide bonds. The van der Waals surface area contributed by atoms with Crippen LogP contribution >= 0.6 is 0 Å². The van der Waals surface area contributed by atoms with E-state index >= 15 is 0 Å². The Morgan fingerprint density at radius 1 is 1.65 bits per heavy atom. The smallest absolute Gasteiger partial charge is 0.295 e. The van der Waals surface area contributed by atoms with Crippen LogP contribution in [0.3, 0.4) is 0 Å². The molecule has 1 saturated heterocycles. The molecule has 1 fully saturated rings. The van der Waals surface area contributed by atoms with E-state index in [0.717, 1.165) is 19.5 Å². The summed E-state index contributed by atoms with van der Waals surface area (Å²) < 4.78 is 5.01. The van der Waals surface area contributed by atoms with Crippen LogP contribution in [0.25, 0.3) is 0 Å². The molecule has 0 spiro atoms. The van der Waals surface area contributed by atoms with E-state index < -0.39 is 0 Å². The highest BCUT2D eigenvalue weighted by Gasteiger charge is 2.14. The summed E-state index contributed by atoms with van der Waals surface area (Å²) in [5, 5.41) is 6.56. The van der Waals surface area contributed by atoms with Crippen molar-refractivity contribution in [2.45, 2.75) is 25.3 Å². The molecule has 0 saturated carbocycles. The monoisotopic (exact) mass is 238 g/mol. The van der Waals surface area contributed by atoms with Crippen molar-refractivity contribution >= 4 is 5.82 Å². The molecular formula is C11H18N4O2. The van der Waals surface area contributed by atoms with Crippen molar-refractivity contribution in [1.82, 2.24) is 15.3 Å². The number of aromatic nitrogens is 2. The second-order valence-electron chi connectivity index (χ2n) is 4.12. The Bertz CT molecular complexity index is 412. The molecule has 0 aliphatic carbocycles. The van der Waals surface area contributed by atoms with Gasteiger partial charge in [0.15, 0.2) is 5.82 Å². The summed E-state index contributed by atoms with van der Waals surface area (Å²) in [5.41, 5.74) is -0.260. The molecular weight excluding hydrogens is 220 g/mol. The summed E-state index contributed by atoms with van der Waals surface area (Å²) in [7, 11) is 1.47. The largest absolute Gasteiger partial charge is 0.489 e. The molecule has 0 unspecified atom stereocenters. The van der Waals surface area contributed by atoms with Gasteiger partial charge in [0.25, 0.3) is 5.56 Å². The highest BCUT2D eigenvalue weighted by Crippen LogP contribution is 2.15. The van der Waals surface area contributed by atoms with E-state index in [1.807, 2.05) is 0 Å². The SMILES string of the molecule is COc1c(NCC[C@H]2CCCN2)nc[nH]c1=O. The van der Waals surface area contributed by atoms with Crippen LogP contribution in [0.5, 0.6) is 5.75 Å². The topological polar surface area (TPSA) is 79.0 Å². The van der Waals surface area contributed by atoms with Crippen molar-refractivity contribution < 1.29 is 4.74 Å². The van der Waals surface area contributed by atoms with Gasteiger partial charge in [-0.05, 0) is 25.8 Å². The van der Waals surface area contributed by atoms with Crippen molar-refractivity contribution in [1.29, 1.82) is 0 Å². The molecule has 1 aliphatic rings. The molecule has 17 heavy (non-hydrogen) atoms. The van der Waals surface area contributed by atoms with Gasteiger partial charge in [0.2, 0.25) is 5.75 Å². The van der Waals surface area contributed by atoms with E-state index in [9.17, 15) is 4.79 Å². The number of aromatic amines is 1. The van der Waals surface area contributed by atoms with E-state index in [2.05, 4.69) is 20.6 Å². The number of ether oxygens (including phenoxy) is 1. The molecule has 2 heterocycles. The minimum Gasteiger partial charge on any atom is -0.489 e. The maximum atomic E-state index is 11.4. The van der Waals surface area contributed by atoms with Crippen LogP contribution in [0.4, 0.5) is 5.82 Å². The van der Waals surface area contributed by atoms with Crippen molar-refractivity contribution in [3.63, 3.8) is 0 Å². The third kappa shape index (κ3) is 2.97. The fourth-order valence-corrected chi connectivity index (χ4v) is 2.07. The van der Waals surface area contributed by atoms with Gasteiger partial charge in [0.05, 0.1) is 13.4 Å². The Labute approximate surface area is 99.8 Å². The highest BCUT2D eigenvalue weighted by molar-refractivity contribution is 5.47. The van der Waals surface area contributed by atoms with Gasteiger partial charge in [0, 0.05) is 12.6 Å². The Morgan fingerprint density at radius 3 is 3.24 bits per heavy atom. The predicted molar refractivity (Wildman–Crippen MR) is 65.5 cm³/mol. The van der Waals surface area contributed by atoms with Crippen LogP contribution < -0.4 is 20.9 Å². The first-order valence-electron chi connectivity index (χ1n) is 5.90. The average molecular weight is 238 g/mol. The lowest BCUT2D eigenvalue weighted by Crippen LogP contribution is -2.24. The lowest BCUT2D eigenvalue weighted by Gasteiger charge is -2.12. The minimum atomic E-state index is -0.260. The van der Waals surface area contributed by atoms with Crippen molar-refractivity contribution in [3.05, 3.63) is 16.7 Å². The second kappa shape index (κ2) is 5.67. The Hall–Kier alpha value is -1.56. The quantitative estimate of drug-likeness (QED) is 0.689. The molecule has 2 rings (SSSR count). The molecule has 1 aliphatic heterocycles. The van der Waals surface area contributed by atoms with Gasteiger partial charge in [-0.25, -0.2) is 4.98 Å². The number of nitrogens with one attached hydrogen (secondary N) is 3. The summed E-state index contributed by atoms with van der Waals surface area (Å²) in [5.74, 6) is 0.751. The zero-order valence-corrected chi connectivity index (χ0v) is 9.95. The summed E-state index contributed by atoms with van der Waals surface area (Å²) >= 11 is 0. The fourth-order valence-electron chi connectivity index (χ4n) is 2.07. The van der Waals surface area contributed by atoms with Gasteiger partial charge < -0.3 is 20.4 Å². The van der Waals surface area contributed by atoms with Crippen LogP contribution in [-0.2, 0) is 0 Å². The minimum absolute atomic E-state index is 0.242. The standard InChI is InChI=1S/C11H18N4O2/c1-17-9-10(14-7-15-11(9)16)13-6-4-8-3-2-5-12-8/h7-8,12H,2-6H2,1H3,(H2,13,14,15,16)/t8-/m1/s1. The fraction of sp³-hybridized carbons (Fsp3) is 0.636. The lowest BCUT2D eigenvalue weighted by molar-refractivity contribution is 0.408. The zero-order chi connectivity index (χ0) is 12.1. The van der Waals surface area contributed by atoms with Crippen molar-refractivity contribution in [2.75, 3.05) is 25.5 Å². The summed E-state index contributed by atoms with van der Waals surface area (Å²) in [4.78, 5) is 18.0. The molecule has 3 N–H and O–H groups in total. The molecule has 1 aromatic rings. The van der Waals surface area contributed by atoms with Gasteiger partial charge >= 0.3 is 0 Å². The van der Waals surface area contributed by atoms with Crippen molar-refractivity contribution in [3.8, 4) is 5.75 Å². The summed E-state index contributed by atoms with van der Waals surface area (Å²) in [6, 6.07) is 0.579. The van der Waals surface area contributed by atoms with Gasteiger partial charge in [-0.2, -0.15) is 0 Å². The summed E-state index contributed by atoms with van der Waals surface area (Å²) in [6.07, 6.45) is 4.87. The normalized spacial score (nSPS) is 19.2. The zero-order valence-electron chi connectivity index (χ0n) is 9.95. The number of hydrogen-bond acceptors (Lipinski definition) is 5. The number of nitrogens with zero attached hydrogens (tertiary/aromatic N) is 1. The average Bonchev–Trinajstić information content (AvgIpc) is 2.82. The first kappa shape index (κ1) is 11.9. The van der Waals surface area contributed by atoms with Gasteiger partial charge in [0.1, 0.15) is 0 Å². The molecule has 1 aromatic heterocycles. The molecule has 0 aromatic carbocycles. The Kier molecular flexibility index (Phi) is 3.98. The maximum Gasteiger partial charge on any atom is 0.295 e. The van der Waals surface area contributed by atoms with Crippen LogP contribution in [0.1, 0.15) is 19.3 Å². The van der Waals surface area contributed by atoms with Gasteiger partial charge in [-0.15, -0.1) is 0 Å². The molecule has 6 nitrogen and oxygen atoms in total. The molecule has 94 valence electrons. The lowest BCUT2D eigenvalue weighted by atomic mass is 10.1. The van der Waals surface area contributed by atoms with Gasteiger partial charge in [-0.3, -0.25) is 4.79 Å². The van der Waals surface area contributed by atoms with Crippen LogP contribution in [0.15, 0.2) is 11.1 Å². The van der Waals surface area contributed by atoms with Crippen LogP contribution in [-0.4, -0.2) is 36.2 Å². The third-order valence-corrected chi connectivity index (χ3v) is 2.96. The first-order chi connectivity index (χ1) is 8.31. The van der Waals surface area contributed by atoms with Crippen LogP contribution in [0.2, 0.25) is 0 Å². The number of methoxy groups -OCH3 is 1. The second-order valence-corrected chi connectivity index (χ2v) is 4.12. The molecule has 6 heteroatoms.